The predicted molar refractivity (Wildman–Crippen MR) is 96.3 cm³/mol. The van der Waals surface area contributed by atoms with Crippen molar-refractivity contribution in [3.8, 4) is 0 Å². The predicted octanol–water partition coefficient (Wildman–Crippen LogP) is 1.73. The first-order valence-corrected chi connectivity index (χ1v) is 11.1. The van der Waals surface area contributed by atoms with Gasteiger partial charge in [0, 0.05) is 13.1 Å². The maximum absolute atomic E-state index is 12.7. The van der Waals surface area contributed by atoms with Crippen molar-refractivity contribution in [3.63, 3.8) is 0 Å². The van der Waals surface area contributed by atoms with Gasteiger partial charge < -0.3 is 0 Å². The number of carbonyl (C=O) groups excluding carboxylic acids is 1. The summed E-state index contributed by atoms with van der Waals surface area (Å²) >= 11 is 0. The van der Waals surface area contributed by atoms with Gasteiger partial charge in [0.1, 0.15) is 0 Å². The van der Waals surface area contributed by atoms with Crippen LogP contribution in [0.1, 0.15) is 33.3 Å². The number of nitrogens with zero attached hydrogens (tertiary/aromatic N) is 2. The van der Waals surface area contributed by atoms with Crippen LogP contribution in [0.2, 0.25) is 0 Å². The van der Waals surface area contributed by atoms with Gasteiger partial charge in [-0.3, -0.25) is 4.79 Å². The average molecular weight is 389 g/mol. The third-order valence-corrected chi connectivity index (χ3v) is 8.53. The number of rotatable bonds is 5. The Balaban J connectivity index is 2.53. The molecule has 140 valence electrons. The fraction of sp³-hybridized carbons (Fsp3) is 0.562. The molecule has 1 heterocycles. The Kier molecular flexibility index (Phi) is 5.06. The van der Waals surface area contributed by atoms with Crippen LogP contribution in [0.25, 0.3) is 0 Å². The maximum atomic E-state index is 12.7. The zero-order valence-corrected chi connectivity index (χ0v) is 16.7. The van der Waals surface area contributed by atoms with Crippen LogP contribution in [0.3, 0.4) is 0 Å². The zero-order chi connectivity index (χ0) is 19.2. The van der Waals surface area contributed by atoms with Gasteiger partial charge in [-0.1, -0.05) is 13.8 Å². The van der Waals surface area contributed by atoms with Crippen molar-refractivity contribution >= 4 is 31.6 Å². The normalized spacial score (nSPS) is 19.6. The van der Waals surface area contributed by atoms with Crippen LogP contribution in [0.5, 0.6) is 0 Å². The molecule has 0 aliphatic carbocycles. The standard InChI is InChI=1S/C16H24N2O5S2/c1-6-17(7-2)25(22,23)14-9-8-13(10-12(14)3)18-15(19)16(4,5)11-24(18,20)21/h8-10H,6-7,11H2,1-5H3. The lowest BCUT2D eigenvalue weighted by Gasteiger charge is -2.22. The van der Waals surface area contributed by atoms with Crippen molar-refractivity contribution in [2.75, 3.05) is 23.1 Å². The molecule has 1 aliphatic heterocycles. The van der Waals surface area contributed by atoms with Crippen LogP contribution < -0.4 is 4.31 Å². The highest BCUT2D eigenvalue weighted by Crippen LogP contribution is 2.36. The summed E-state index contributed by atoms with van der Waals surface area (Å²) < 4.78 is 52.2. The molecule has 1 fully saturated rings. The van der Waals surface area contributed by atoms with Gasteiger partial charge in [0.25, 0.3) is 0 Å². The number of amides is 1. The molecular weight excluding hydrogens is 364 g/mol. The second-order valence-corrected chi connectivity index (χ2v) is 10.5. The highest BCUT2D eigenvalue weighted by molar-refractivity contribution is 7.94. The molecule has 0 atom stereocenters. The van der Waals surface area contributed by atoms with E-state index in [0.717, 1.165) is 4.31 Å². The fourth-order valence-electron chi connectivity index (χ4n) is 3.01. The molecule has 9 heteroatoms. The second kappa shape index (κ2) is 6.37. The maximum Gasteiger partial charge on any atom is 0.247 e. The molecular formula is C16H24N2O5S2. The van der Waals surface area contributed by atoms with E-state index in [1.165, 1.54) is 22.5 Å². The number of aryl methyl sites for hydroxylation is 1. The molecule has 2 rings (SSSR count). The van der Waals surface area contributed by atoms with Crippen LogP contribution >= 0.6 is 0 Å². The Morgan fingerprint density at radius 2 is 1.76 bits per heavy atom. The molecule has 0 radical (unpaired) electrons. The lowest BCUT2D eigenvalue weighted by molar-refractivity contribution is -0.123. The zero-order valence-electron chi connectivity index (χ0n) is 15.1. The van der Waals surface area contributed by atoms with Gasteiger partial charge in [-0.2, -0.15) is 4.31 Å². The lowest BCUT2D eigenvalue weighted by atomic mass is 9.95. The first-order chi connectivity index (χ1) is 11.4. The van der Waals surface area contributed by atoms with Gasteiger partial charge in [0.15, 0.2) is 0 Å². The molecule has 1 saturated heterocycles. The Morgan fingerprint density at radius 1 is 1.20 bits per heavy atom. The van der Waals surface area contributed by atoms with E-state index in [1.54, 1.807) is 34.6 Å². The SMILES string of the molecule is CCN(CC)S(=O)(=O)c1ccc(N2C(=O)C(C)(C)CS2(=O)=O)cc1C. The molecule has 1 amide bonds. The van der Waals surface area contributed by atoms with E-state index in [1.807, 2.05) is 0 Å². The van der Waals surface area contributed by atoms with E-state index >= 15 is 0 Å². The summed E-state index contributed by atoms with van der Waals surface area (Å²) in [6.07, 6.45) is 0. The minimum atomic E-state index is -3.76. The van der Waals surface area contributed by atoms with Crippen LogP contribution in [-0.2, 0) is 24.8 Å². The van der Waals surface area contributed by atoms with Crippen molar-refractivity contribution < 1.29 is 21.6 Å². The van der Waals surface area contributed by atoms with E-state index in [-0.39, 0.29) is 16.3 Å². The smallest absolute Gasteiger partial charge is 0.247 e. The van der Waals surface area contributed by atoms with E-state index in [0.29, 0.717) is 18.7 Å². The summed E-state index contributed by atoms with van der Waals surface area (Å²) in [5, 5.41) is 0. The van der Waals surface area contributed by atoms with Gasteiger partial charge in [-0.25, -0.2) is 21.1 Å². The summed E-state index contributed by atoms with van der Waals surface area (Å²) in [7, 11) is -7.42. The molecule has 25 heavy (non-hydrogen) atoms. The van der Waals surface area contributed by atoms with Crippen LogP contribution in [-0.4, -0.2) is 45.9 Å². The number of sulfonamides is 2. The van der Waals surface area contributed by atoms with E-state index in [2.05, 4.69) is 0 Å². The van der Waals surface area contributed by atoms with Crippen LogP contribution in [0.4, 0.5) is 5.69 Å². The summed E-state index contributed by atoms with van der Waals surface area (Å²) in [5.74, 6) is -0.775. The third-order valence-electron chi connectivity index (χ3n) is 4.30. The van der Waals surface area contributed by atoms with Crippen molar-refractivity contribution in [2.24, 2.45) is 5.41 Å². The summed E-state index contributed by atoms with van der Waals surface area (Å²) in [4.78, 5) is 12.6. The number of hydrogen-bond acceptors (Lipinski definition) is 5. The summed E-state index contributed by atoms with van der Waals surface area (Å²) in [6, 6.07) is 4.18. The monoisotopic (exact) mass is 388 g/mol. The molecule has 0 unspecified atom stereocenters. The number of benzene rings is 1. The Morgan fingerprint density at radius 3 is 2.16 bits per heavy atom. The topological polar surface area (TPSA) is 91.8 Å². The van der Waals surface area contributed by atoms with Crippen molar-refractivity contribution in [3.05, 3.63) is 23.8 Å². The molecule has 0 aromatic heterocycles. The molecule has 0 saturated carbocycles. The van der Waals surface area contributed by atoms with Crippen LogP contribution in [0, 0.1) is 12.3 Å². The Bertz CT molecular complexity index is 900. The molecule has 0 bridgehead atoms. The van der Waals surface area contributed by atoms with Gasteiger partial charge in [0.2, 0.25) is 26.0 Å². The first-order valence-electron chi connectivity index (χ1n) is 8.06. The molecule has 1 aliphatic rings. The first kappa shape index (κ1) is 19.9. The van der Waals surface area contributed by atoms with Gasteiger partial charge in [-0.15, -0.1) is 0 Å². The average Bonchev–Trinajstić information content (AvgIpc) is 2.63. The second-order valence-electron chi connectivity index (χ2n) is 6.75. The lowest BCUT2D eigenvalue weighted by Crippen LogP contribution is -2.33. The van der Waals surface area contributed by atoms with Crippen LogP contribution in [0.15, 0.2) is 23.1 Å². The Labute approximate surface area is 149 Å². The number of carbonyl (C=O) groups is 1. The van der Waals surface area contributed by atoms with Gasteiger partial charge in [0.05, 0.1) is 21.8 Å². The highest BCUT2D eigenvalue weighted by atomic mass is 32.2. The Hall–Kier alpha value is -1.45. The third kappa shape index (κ3) is 3.32. The van der Waals surface area contributed by atoms with E-state index in [9.17, 15) is 21.6 Å². The van der Waals surface area contributed by atoms with E-state index in [4.69, 9.17) is 0 Å². The number of anilines is 1. The quantitative estimate of drug-likeness (QED) is 0.766. The van der Waals surface area contributed by atoms with Crippen molar-refractivity contribution in [1.82, 2.24) is 4.31 Å². The van der Waals surface area contributed by atoms with E-state index < -0.39 is 31.4 Å². The summed E-state index contributed by atoms with van der Waals surface area (Å²) in [5.41, 5.74) is -0.428. The number of hydrogen-bond donors (Lipinski definition) is 0. The minimum absolute atomic E-state index is 0.114. The molecule has 0 N–H and O–H groups in total. The summed E-state index contributed by atoms with van der Waals surface area (Å²) in [6.45, 7) is 8.95. The van der Waals surface area contributed by atoms with Crippen molar-refractivity contribution in [2.45, 2.75) is 39.5 Å². The molecule has 7 nitrogen and oxygen atoms in total. The minimum Gasteiger partial charge on any atom is -0.273 e. The van der Waals surface area contributed by atoms with Gasteiger partial charge >= 0.3 is 0 Å². The van der Waals surface area contributed by atoms with Crippen molar-refractivity contribution in [1.29, 1.82) is 0 Å². The van der Waals surface area contributed by atoms with Gasteiger partial charge in [-0.05, 0) is 44.5 Å². The fourth-order valence-corrected chi connectivity index (χ4v) is 6.78. The molecule has 1 aromatic carbocycles. The highest BCUT2D eigenvalue weighted by Gasteiger charge is 2.50. The molecule has 0 spiro atoms. The largest absolute Gasteiger partial charge is 0.273 e. The molecule has 1 aromatic rings.